The van der Waals surface area contributed by atoms with Crippen LogP contribution in [-0.2, 0) is 16.6 Å². The van der Waals surface area contributed by atoms with Gasteiger partial charge in [0.2, 0.25) is 0 Å². The summed E-state index contributed by atoms with van der Waals surface area (Å²) in [6, 6.07) is 6.97. The second-order valence-electron chi connectivity index (χ2n) is 4.10. The molecule has 1 heterocycles. The molecule has 0 aliphatic heterocycles. The fraction of sp³-hybridized carbons (Fsp3) is 0.167. The van der Waals surface area contributed by atoms with E-state index in [-0.39, 0.29) is 23.0 Å². The topological polar surface area (TPSA) is 127 Å². The summed E-state index contributed by atoms with van der Waals surface area (Å²) < 4.78 is 32.0. The number of nitrogens with zero attached hydrogens (tertiary/aromatic N) is 1. The molecule has 9 heteroatoms. The molecule has 0 atom stereocenters. The third-order valence-electron chi connectivity index (χ3n) is 2.67. The summed E-state index contributed by atoms with van der Waals surface area (Å²) in [7, 11) is -2.53. The number of ether oxygens (including phenoxy) is 1. The lowest BCUT2D eigenvalue weighted by Crippen LogP contribution is -2.17. The van der Waals surface area contributed by atoms with Crippen LogP contribution in [0.25, 0.3) is 0 Å². The average Bonchev–Trinajstić information content (AvgIpc) is 2.48. The number of benzene rings is 1. The molecule has 2 rings (SSSR count). The van der Waals surface area contributed by atoms with E-state index in [1.54, 1.807) is 12.1 Å². The van der Waals surface area contributed by atoms with E-state index in [9.17, 15) is 13.2 Å². The van der Waals surface area contributed by atoms with E-state index in [2.05, 4.69) is 14.9 Å². The Morgan fingerprint density at radius 3 is 2.67 bits per heavy atom. The fourth-order valence-corrected chi connectivity index (χ4v) is 2.81. The summed E-state index contributed by atoms with van der Waals surface area (Å²) in [5.74, 6) is 0.175. The van der Waals surface area contributed by atoms with Crippen molar-refractivity contribution in [2.75, 3.05) is 11.8 Å². The third-order valence-corrected chi connectivity index (χ3v) is 4.07. The smallest absolute Gasteiger partial charge is 0.266 e. The maximum Gasteiger partial charge on any atom is 0.266 e. The molecule has 1 aromatic carbocycles. The Morgan fingerprint density at radius 1 is 1.33 bits per heavy atom. The second-order valence-corrected chi connectivity index (χ2v) is 5.75. The van der Waals surface area contributed by atoms with Gasteiger partial charge in [0, 0.05) is 12.6 Å². The van der Waals surface area contributed by atoms with Crippen LogP contribution in [0.3, 0.4) is 0 Å². The third kappa shape index (κ3) is 3.38. The number of nitrogens with two attached hydrogens (primary N) is 1. The van der Waals surface area contributed by atoms with Gasteiger partial charge in [0.1, 0.15) is 10.6 Å². The number of rotatable bonds is 5. The van der Waals surface area contributed by atoms with Crippen molar-refractivity contribution in [3.8, 4) is 5.75 Å². The van der Waals surface area contributed by atoms with Gasteiger partial charge in [-0.1, -0.05) is 6.07 Å². The predicted octanol–water partition coefficient (Wildman–Crippen LogP) is 0.0380. The van der Waals surface area contributed by atoms with E-state index in [4.69, 9.17) is 10.5 Å². The number of methoxy groups -OCH3 is 1. The molecule has 0 bridgehead atoms. The fourth-order valence-electron chi connectivity index (χ4n) is 1.65. The largest absolute Gasteiger partial charge is 0.495 e. The normalized spacial score (nSPS) is 11.1. The van der Waals surface area contributed by atoms with Gasteiger partial charge in [-0.25, -0.2) is 13.5 Å². The van der Waals surface area contributed by atoms with Crippen molar-refractivity contribution in [3.63, 3.8) is 0 Å². The van der Waals surface area contributed by atoms with Gasteiger partial charge in [-0.3, -0.25) is 9.52 Å². The molecule has 0 radical (unpaired) electrons. The van der Waals surface area contributed by atoms with E-state index in [1.165, 1.54) is 25.3 Å². The molecule has 0 aliphatic carbocycles. The summed E-state index contributed by atoms with van der Waals surface area (Å²) in [6.07, 6.45) is 0. The Morgan fingerprint density at radius 2 is 2.10 bits per heavy atom. The Bertz CT molecular complexity index is 781. The number of nitrogens with one attached hydrogen (secondary N) is 2. The van der Waals surface area contributed by atoms with E-state index >= 15 is 0 Å². The van der Waals surface area contributed by atoms with E-state index in [0.717, 1.165) is 5.56 Å². The molecule has 4 N–H and O–H groups in total. The van der Waals surface area contributed by atoms with Gasteiger partial charge in [-0.15, -0.1) is 0 Å². The van der Waals surface area contributed by atoms with Crippen LogP contribution in [0.1, 0.15) is 5.56 Å². The van der Waals surface area contributed by atoms with Crippen LogP contribution in [0.15, 0.2) is 40.0 Å². The van der Waals surface area contributed by atoms with E-state index in [0.29, 0.717) is 0 Å². The minimum atomic E-state index is -3.89. The molecule has 0 amide bonds. The zero-order valence-corrected chi connectivity index (χ0v) is 12.0. The van der Waals surface area contributed by atoms with Gasteiger partial charge in [0.25, 0.3) is 15.6 Å². The molecule has 0 unspecified atom stereocenters. The monoisotopic (exact) mass is 310 g/mol. The van der Waals surface area contributed by atoms with Gasteiger partial charge >= 0.3 is 0 Å². The summed E-state index contributed by atoms with van der Waals surface area (Å²) in [6.45, 7) is 0.269. The van der Waals surface area contributed by atoms with Crippen molar-refractivity contribution in [2.45, 2.75) is 11.4 Å². The van der Waals surface area contributed by atoms with Gasteiger partial charge < -0.3 is 10.5 Å². The highest BCUT2D eigenvalue weighted by Crippen LogP contribution is 2.26. The molecule has 0 spiro atoms. The van der Waals surface area contributed by atoms with Crippen molar-refractivity contribution < 1.29 is 13.2 Å². The first-order valence-corrected chi connectivity index (χ1v) is 7.40. The maximum atomic E-state index is 12.3. The Hall–Kier alpha value is -2.39. The summed E-state index contributed by atoms with van der Waals surface area (Å²) >= 11 is 0. The molecule has 2 aromatic rings. The highest BCUT2D eigenvalue weighted by atomic mass is 32.2. The molecular formula is C12H14N4O4S. The Kier molecular flexibility index (Phi) is 4.24. The maximum absolute atomic E-state index is 12.3. The van der Waals surface area contributed by atoms with Crippen LogP contribution >= 0.6 is 0 Å². The Labute approximate surface area is 121 Å². The highest BCUT2D eigenvalue weighted by Gasteiger charge is 2.20. The first-order chi connectivity index (χ1) is 9.96. The van der Waals surface area contributed by atoms with E-state index in [1.807, 2.05) is 0 Å². The number of hydrogen-bond acceptors (Lipinski definition) is 6. The predicted molar refractivity (Wildman–Crippen MR) is 76.6 cm³/mol. The quantitative estimate of drug-likeness (QED) is 0.715. The summed E-state index contributed by atoms with van der Waals surface area (Å²) in [5.41, 5.74) is 5.82. The highest BCUT2D eigenvalue weighted by molar-refractivity contribution is 7.92. The molecule has 1 aromatic heterocycles. The van der Waals surface area contributed by atoms with Crippen LogP contribution in [0, 0.1) is 0 Å². The van der Waals surface area contributed by atoms with Crippen molar-refractivity contribution in [1.29, 1.82) is 0 Å². The molecular weight excluding hydrogens is 296 g/mol. The molecule has 0 fully saturated rings. The first-order valence-electron chi connectivity index (χ1n) is 5.92. The van der Waals surface area contributed by atoms with Crippen LogP contribution in [0.5, 0.6) is 5.75 Å². The summed E-state index contributed by atoms with van der Waals surface area (Å²) in [4.78, 5) is 10.9. The lowest BCUT2D eigenvalue weighted by atomic mass is 10.2. The van der Waals surface area contributed by atoms with Crippen molar-refractivity contribution in [1.82, 2.24) is 10.2 Å². The number of sulfonamides is 1. The lowest BCUT2D eigenvalue weighted by molar-refractivity contribution is 0.402. The molecule has 8 nitrogen and oxygen atoms in total. The first kappa shape index (κ1) is 15.0. The second kappa shape index (κ2) is 5.94. The summed E-state index contributed by atoms with van der Waals surface area (Å²) in [5, 5.41) is 5.73. The van der Waals surface area contributed by atoms with Crippen LogP contribution in [-0.4, -0.2) is 25.7 Å². The molecule has 21 heavy (non-hydrogen) atoms. The van der Waals surface area contributed by atoms with Gasteiger partial charge in [0.05, 0.1) is 7.11 Å². The minimum absolute atomic E-state index is 0.000413. The van der Waals surface area contributed by atoms with Crippen molar-refractivity contribution >= 4 is 15.8 Å². The number of H-pyrrole nitrogens is 1. The molecule has 0 saturated carbocycles. The van der Waals surface area contributed by atoms with Crippen LogP contribution in [0.2, 0.25) is 0 Å². The average molecular weight is 310 g/mol. The molecule has 0 saturated heterocycles. The number of anilines is 1. The zero-order valence-electron chi connectivity index (χ0n) is 11.2. The molecule has 0 aliphatic rings. The van der Waals surface area contributed by atoms with Crippen LogP contribution in [0.4, 0.5) is 5.82 Å². The lowest BCUT2D eigenvalue weighted by Gasteiger charge is -2.11. The van der Waals surface area contributed by atoms with E-state index < -0.39 is 15.6 Å². The molecule has 112 valence electrons. The SMILES string of the molecule is COc1cc(CN)ccc1S(=O)(=O)Nc1ccc(=O)[nH]n1. The van der Waals surface area contributed by atoms with Crippen molar-refractivity contribution in [3.05, 3.63) is 46.2 Å². The van der Waals surface area contributed by atoms with Gasteiger partial charge in [-0.2, -0.15) is 5.10 Å². The van der Waals surface area contributed by atoms with Crippen molar-refractivity contribution in [2.24, 2.45) is 5.73 Å². The van der Waals surface area contributed by atoms with Gasteiger partial charge in [-0.05, 0) is 23.8 Å². The Balaban J connectivity index is 2.39. The number of aromatic amines is 1. The zero-order chi connectivity index (χ0) is 15.5. The minimum Gasteiger partial charge on any atom is -0.495 e. The van der Waals surface area contributed by atoms with Crippen LogP contribution < -0.4 is 20.8 Å². The van der Waals surface area contributed by atoms with Gasteiger partial charge in [0.15, 0.2) is 5.82 Å². The number of hydrogen-bond donors (Lipinski definition) is 3. The standard InChI is InChI=1S/C12H14N4O4S/c1-20-9-6-8(7-13)2-3-10(9)21(18,19)16-11-4-5-12(17)15-14-11/h2-6H,7,13H2,1H3,(H,14,16)(H,15,17). The number of aromatic nitrogens is 2.